The normalized spacial score (nSPS) is 17.4. The highest BCUT2D eigenvalue weighted by Crippen LogP contribution is 2.33. The van der Waals surface area contributed by atoms with Crippen LogP contribution in [0.1, 0.15) is 25.3 Å². The van der Waals surface area contributed by atoms with Crippen LogP contribution in [0.2, 0.25) is 0 Å². The molecule has 1 aromatic carbocycles. The van der Waals surface area contributed by atoms with Crippen LogP contribution >= 0.6 is 0 Å². The van der Waals surface area contributed by atoms with Gasteiger partial charge in [-0.1, -0.05) is 6.07 Å². The number of rotatable bonds is 5. The van der Waals surface area contributed by atoms with Crippen molar-refractivity contribution in [1.82, 2.24) is 4.90 Å². The third kappa shape index (κ3) is 2.79. The number of benzene rings is 1. The van der Waals surface area contributed by atoms with E-state index in [0.29, 0.717) is 11.5 Å². The summed E-state index contributed by atoms with van der Waals surface area (Å²) in [7, 11) is 0. The predicted octanol–water partition coefficient (Wildman–Crippen LogP) is 1.42. The van der Waals surface area contributed by atoms with E-state index < -0.39 is 12.0 Å². The molecule has 0 spiro atoms. The van der Waals surface area contributed by atoms with Crippen LogP contribution < -0.4 is 9.47 Å². The Morgan fingerprint density at radius 3 is 2.71 bits per heavy atom. The number of hydrogen-bond donors (Lipinski definition) is 1. The number of carbonyl (C=O) groups excluding carboxylic acids is 1. The molecule has 1 fully saturated rings. The van der Waals surface area contributed by atoms with E-state index in [9.17, 15) is 9.59 Å². The molecule has 112 valence electrons. The van der Waals surface area contributed by atoms with Crippen molar-refractivity contribution < 1.29 is 24.2 Å². The van der Waals surface area contributed by atoms with Crippen LogP contribution in [0.15, 0.2) is 18.2 Å². The SMILES string of the molecule is CC(C(=O)O)N(C(=O)Cc1ccc2c(c1)OCO2)C1CC1. The Bertz CT molecular complexity index is 581. The summed E-state index contributed by atoms with van der Waals surface area (Å²) in [4.78, 5) is 25.1. The zero-order valence-corrected chi connectivity index (χ0v) is 11.7. The lowest BCUT2D eigenvalue weighted by Crippen LogP contribution is -2.45. The highest BCUT2D eigenvalue weighted by Gasteiger charge is 2.38. The van der Waals surface area contributed by atoms with Gasteiger partial charge < -0.3 is 19.5 Å². The molecule has 21 heavy (non-hydrogen) atoms. The summed E-state index contributed by atoms with van der Waals surface area (Å²) in [5.41, 5.74) is 0.799. The summed E-state index contributed by atoms with van der Waals surface area (Å²) in [5, 5.41) is 9.14. The number of amides is 1. The average Bonchev–Trinajstić information content (AvgIpc) is 3.15. The first-order valence-electron chi connectivity index (χ1n) is 6.99. The number of carbonyl (C=O) groups is 2. The smallest absolute Gasteiger partial charge is 0.326 e. The fraction of sp³-hybridized carbons (Fsp3) is 0.467. The Morgan fingerprint density at radius 2 is 2.05 bits per heavy atom. The van der Waals surface area contributed by atoms with E-state index in [-0.39, 0.29) is 25.2 Å². The summed E-state index contributed by atoms with van der Waals surface area (Å²) in [6, 6.07) is 4.63. The van der Waals surface area contributed by atoms with Crippen molar-refractivity contribution in [2.24, 2.45) is 0 Å². The fourth-order valence-electron chi connectivity index (χ4n) is 2.52. The summed E-state index contributed by atoms with van der Waals surface area (Å²) in [5.74, 6) is 0.168. The zero-order chi connectivity index (χ0) is 15.0. The summed E-state index contributed by atoms with van der Waals surface area (Å²) in [6.07, 6.45) is 1.93. The molecular weight excluding hydrogens is 274 g/mol. The molecule has 1 amide bonds. The molecule has 6 heteroatoms. The molecular formula is C15H17NO5. The van der Waals surface area contributed by atoms with Crippen molar-refractivity contribution in [2.75, 3.05) is 6.79 Å². The second-order valence-corrected chi connectivity index (χ2v) is 5.41. The van der Waals surface area contributed by atoms with Gasteiger partial charge in [0.25, 0.3) is 0 Å². The van der Waals surface area contributed by atoms with Gasteiger partial charge in [-0.05, 0) is 37.5 Å². The second kappa shape index (κ2) is 5.27. The molecule has 1 unspecified atom stereocenters. The van der Waals surface area contributed by atoms with Gasteiger partial charge in [-0.2, -0.15) is 0 Å². The Morgan fingerprint density at radius 1 is 1.33 bits per heavy atom. The maximum Gasteiger partial charge on any atom is 0.326 e. The van der Waals surface area contributed by atoms with E-state index in [1.165, 1.54) is 4.90 Å². The average molecular weight is 291 g/mol. The van der Waals surface area contributed by atoms with Crippen LogP contribution in [0.25, 0.3) is 0 Å². The van der Waals surface area contributed by atoms with Crippen molar-refractivity contribution >= 4 is 11.9 Å². The Labute approximate surface area is 122 Å². The minimum atomic E-state index is -0.971. The standard InChI is InChI=1S/C15H17NO5/c1-9(15(18)19)16(11-3-4-11)14(17)7-10-2-5-12-13(6-10)21-8-20-12/h2,5-6,9,11H,3-4,7-8H2,1H3,(H,18,19). The molecule has 2 aliphatic rings. The monoisotopic (exact) mass is 291 g/mol. The number of carboxylic acids is 1. The van der Waals surface area contributed by atoms with Gasteiger partial charge in [0, 0.05) is 6.04 Å². The first-order chi connectivity index (χ1) is 10.1. The maximum absolute atomic E-state index is 12.4. The second-order valence-electron chi connectivity index (χ2n) is 5.41. The highest BCUT2D eigenvalue weighted by molar-refractivity contribution is 5.85. The van der Waals surface area contributed by atoms with Gasteiger partial charge in [0.1, 0.15) is 6.04 Å². The molecule has 1 atom stereocenters. The third-order valence-electron chi connectivity index (χ3n) is 3.80. The van der Waals surface area contributed by atoms with E-state index in [2.05, 4.69) is 0 Å². The summed E-state index contributed by atoms with van der Waals surface area (Å²) >= 11 is 0. The molecule has 0 saturated heterocycles. The number of nitrogens with zero attached hydrogens (tertiary/aromatic N) is 1. The molecule has 1 heterocycles. The molecule has 0 radical (unpaired) electrons. The van der Waals surface area contributed by atoms with Crippen LogP contribution in [0.4, 0.5) is 0 Å². The lowest BCUT2D eigenvalue weighted by molar-refractivity contribution is -0.149. The van der Waals surface area contributed by atoms with Crippen molar-refractivity contribution in [3.63, 3.8) is 0 Å². The van der Waals surface area contributed by atoms with Gasteiger partial charge in [0.15, 0.2) is 11.5 Å². The van der Waals surface area contributed by atoms with E-state index in [1.807, 2.05) is 6.07 Å². The number of carboxylic acid groups (broad SMARTS) is 1. The molecule has 1 aromatic rings. The largest absolute Gasteiger partial charge is 0.480 e. The first-order valence-corrected chi connectivity index (χ1v) is 6.99. The predicted molar refractivity (Wildman–Crippen MR) is 73.2 cm³/mol. The first kappa shape index (κ1) is 13.7. The minimum absolute atomic E-state index is 0.0672. The molecule has 3 rings (SSSR count). The number of aliphatic carboxylic acids is 1. The van der Waals surface area contributed by atoms with Crippen molar-refractivity contribution in [3.8, 4) is 11.5 Å². The van der Waals surface area contributed by atoms with Gasteiger partial charge in [0.2, 0.25) is 12.7 Å². The van der Waals surface area contributed by atoms with Gasteiger partial charge >= 0.3 is 5.97 Å². The Kier molecular flexibility index (Phi) is 3.45. The van der Waals surface area contributed by atoms with Crippen LogP contribution in [-0.2, 0) is 16.0 Å². The van der Waals surface area contributed by atoms with Crippen LogP contribution in [0, 0.1) is 0 Å². The van der Waals surface area contributed by atoms with Gasteiger partial charge in [-0.3, -0.25) is 4.79 Å². The topological polar surface area (TPSA) is 76.1 Å². The third-order valence-corrected chi connectivity index (χ3v) is 3.80. The van der Waals surface area contributed by atoms with Crippen molar-refractivity contribution in [1.29, 1.82) is 0 Å². The van der Waals surface area contributed by atoms with Crippen LogP contribution in [0.3, 0.4) is 0 Å². The Hall–Kier alpha value is -2.24. The Balaban J connectivity index is 1.73. The quantitative estimate of drug-likeness (QED) is 0.888. The van der Waals surface area contributed by atoms with Gasteiger partial charge in [-0.25, -0.2) is 4.79 Å². The fourth-order valence-corrected chi connectivity index (χ4v) is 2.52. The van der Waals surface area contributed by atoms with Crippen LogP contribution in [0.5, 0.6) is 11.5 Å². The molecule has 1 saturated carbocycles. The molecule has 1 aliphatic carbocycles. The molecule has 0 aromatic heterocycles. The number of fused-ring (bicyclic) bond motifs is 1. The lowest BCUT2D eigenvalue weighted by Gasteiger charge is -2.26. The van der Waals surface area contributed by atoms with Crippen molar-refractivity contribution in [2.45, 2.75) is 38.3 Å². The summed E-state index contributed by atoms with van der Waals surface area (Å²) in [6.45, 7) is 1.75. The molecule has 6 nitrogen and oxygen atoms in total. The van der Waals surface area contributed by atoms with E-state index in [4.69, 9.17) is 14.6 Å². The van der Waals surface area contributed by atoms with E-state index in [0.717, 1.165) is 18.4 Å². The molecule has 1 N–H and O–H groups in total. The lowest BCUT2D eigenvalue weighted by atomic mass is 10.1. The highest BCUT2D eigenvalue weighted by atomic mass is 16.7. The molecule has 1 aliphatic heterocycles. The van der Waals surface area contributed by atoms with E-state index >= 15 is 0 Å². The summed E-state index contributed by atoms with van der Waals surface area (Å²) < 4.78 is 10.5. The minimum Gasteiger partial charge on any atom is -0.480 e. The van der Waals surface area contributed by atoms with Crippen LogP contribution in [-0.4, -0.2) is 40.8 Å². The van der Waals surface area contributed by atoms with Gasteiger partial charge in [-0.15, -0.1) is 0 Å². The zero-order valence-electron chi connectivity index (χ0n) is 11.7. The molecule has 0 bridgehead atoms. The van der Waals surface area contributed by atoms with Gasteiger partial charge in [0.05, 0.1) is 6.42 Å². The number of ether oxygens (including phenoxy) is 2. The maximum atomic E-state index is 12.4. The number of hydrogen-bond acceptors (Lipinski definition) is 4. The van der Waals surface area contributed by atoms with E-state index in [1.54, 1.807) is 19.1 Å². The van der Waals surface area contributed by atoms with Crippen molar-refractivity contribution in [3.05, 3.63) is 23.8 Å².